The van der Waals surface area contributed by atoms with Gasteiger partial charge in [-0.1, -0.05) is 18.2 Å². The zero-order chi connectivity index (χ0) is 13.8. The summed E-state index contributed by atoms with van der Waals surface area (Å²) in [5.74, 6) is -0.329. The van der Waals surface area contributed by atoms with Crippen LogP contribution in [0.1, 0.15) is 28.5 Å². The van der Waals surface area contributed by atoms with Gasteiger partial charge in [0.2, 0.25) is 0 Å². The Morgan fingerprint density at radius 2 is 2.11 bits per heavy atom. The third kappa shape index (κ3) is 2.93. The lowest BCUT2D eigenvalue weighted by Gasteiger charge is -2.09. The summed E-state index contributed by atoms with van der Waals surface area (Å²) < 4.78 is 9.29. The van der Waals surface area contributed by atoms with Crippen LogP contribution >= 0.6 is 11.5 Å². The zero-order valence-electron chi connectivity index (χ0n) is 11.2. The lowest BCUT2D eigenvalue weighted by Crippen LogP contribution is -2.07. The van der Waals surface area contributed by atoms with Gasteiger partial charge in [-0.25, -0.2) is 4.79 Å². The summed E-state index contributed by atoms with van der Waals surface area (Å²) in [4.78, 5) is 11.9. The highest BCUT2D eigenvalue weighted by Gasteiger charge is 2.19. The van der Waals surface area contributed by atoms with Crippen molar-refractivity contribution in [3.8, 4) is 0 Å². The fourth-order valence-electron chi connectivity index (χ4n) is 1.73. The largest absolute Gasteiger partial charge is 0.462 e. The number of para-hydroxylation sites is 1. The van der Waals surface area contributed by atoms with E-state index in [4.69, 9.17) is 4.74 Å². The second-order valence-corrected chi connectivity index (χ2v) is 4.91. The summed E-state index contributed by atoms with van der Waals surface area (Å²) in [6.07, 6.45) is 0. The van der Waals surface area contributed by atoms with E-state index >= 15 is 0 Å². The second-order valence-electron chi connectivity index (χ2n) is 4.13. The van der Waals surface area contributed by atoms with Crippen LogP contribution in [0.5, 0.6) is 0 Å². The van der Waals surface area contributed by atoms with Crippen LogP contribution in [0.15, 0.2) is 24.3 Å². The van der Waals surface area contributed by atoms with Gasteiger partial charge in [0.05, 0.1) is 12.3 Å². The number of carbonyl (C=O) groups is 1. The number of carbonyl (C=O) groups excluding carboxylic acids is 1. The number of esters is 1. The number of ether oxygens (including phenoxy) is 1. The van der Waals surface area contributed by atoms with Crippen molar-refractivity contribution in [2.75, 3.05) is 11.9 Å². The minimum absolute atomic E-state index is 0.329. The molecule has 0 saturated carbocycles. The van der Waals surface area contributed by atoms with Crippen LogP contribution < -0.4 is 5.32 Å². The molecule has 0 bridgehead atoms. The molecular weight excluding hydrogens is 260 g/mol. The molecule has 2 rings (SSSR count). The maximum Gasteiger partial charge on any atom is 0.343 e. The van der Waals surface area contributed by atoms with Crippen molar-refractivity contribution in [3.05, 3.63) is 41.1 Å². The Kier molecular flexibility index (Phi) is 4.16. The first-order chi connectivity index (χ1) is 9.13. The highest BCUT2D eigenvalue weighted by Crippen LogP contribution is 2.29. The molecule has 4 nitrogen and oxygen atoms in total. The Morgan fingerprint density at radius 1 is 1.37 bits per heavy atom. The van der Waals surface area contributed by atoms with E-state index in [0.29, 0.717) is 17.9 Å². The number of benzene rings is 1. The summed E-state index contributed by atoms with van der Waals surface area (Å²) in [7, 11) is 0. The molecule has 5 heteroatoms. The Morgan fingerprint density at radius 3 is 2.79 bits per heavy atom. The average molecular weight is 276 g/mol. The van der Waals surface area contributed by atoms with Gasteiger partial charge >= 0.3 is 5.97 Å². The molecule has 0 aliphatic carbocycles. The van der Waals surface area contributed by atoms with Crippen LogP contribution in [0.4, 0.5) is 10.7 Å². The molecule has 0 atom stereocenters. The van der Waals surface area contributed by atoms with Gasteiger partial charge in [0, 0.05) is 5.69 Å². The molecule has 0 amide bonds. The van der Waals surface area contributed by atoms with E-state index in [0.717, 1.165) is 16.3 Å². The fraction of sp³-hybridized carbons (Fsp3) is 0.286. The van der Waals surface area contributed by atoms with Crippen molar-refractivity contribution in [1.29, 1.82) is 0 Å². The molecule has 1 heterocycles. The number of aromatic nitrogens is 1. The summed E-state index contributed by atoms with van der Waals surface area (Å²) in [6, 6.07) is 7.91. The van der Waals surface area contributed by atoms with Crippen molar-refractivity contribution < 1.29 is 9.53 Å². The molecule has 0 fully saturated rings. The second kappa shape index (κ2) is 5.84. The van der Waals surface area contributed by atoms with E-state index in [2.05, 4.69) is 9.69 Å². The van der Waals surface area contributed by atoms with Crippen molar-refractivity contribution in [3.63, 3.8) is 0 Å². The normalized spacial score (nSPS) is 10.3. The Hall–Kier alpha value is -1.88. The van der Waals surface area contributed by atoms with E-state index in [1.807, 2.05) is 38.1 Å². The summed E-state index contributed by atoms with van der Waals surface area (Å²) in [5, 5.41) is 3.98. The first-order valence-corrected chi connectivity index (χ1v) is 6.87. The Balaban J connectivity index is 2.31. The minimum Gasteiger partial charge on any atom is -0.462 e. The Bertz CT molecular complexity index is 593. The number of hydrogen-bond acceptors (Lipinski definition) is 5. The lowest BCUT2D eigenvalue weighted by atomic mass is 10.2. The van der Waals surface area contributed by atoms with Crippen molar-refractivity contribution in [2.24, 2.45) is 0 Å². The van der Waals surface area contributed by atoms with Crippen LogP contribution in [0, 0.1) is 13.8 Å². The maximum absolute atomic E-state index is 11.9. The summed E-state index contributed by atoms with van der Waals surface area (Å²) >= 11 is 1.27. The first-order valence-electron chi connectivity index (χ1n) is 6.09. The summed E-state index contributed by atoms with van der Waals surface area (Å²) in [6.45, 7) is 5.98. The average Bonchev–Trinajstić information content (AvgIpc) is 2.74. The molecule has 0 spiro atoms. The molecule has 2 aromatic rings. The van der Waals surface area contributed by atoms with Gasteiger partial charge in [0.25, 0.3) is 0 Å². The van der Waals surface area contributed by atoms with E-state index in [1.165, 1.54) is 11.5 Å². The van der Waals surface area contributed by atoms with Gasteiger partial charge in [-0.3, -0.25) is 0 Å². The molecule has 100 valence electrons. The number of nitrogens with zero attached hydrogens (tertiary/aromatic N) is 1. The van der Waals surface area contributed by atoms with Crippen molar-refractivity contribution in [2.45, 2.75) is 20.8 Å². The predicted molar refractivity (Wildman–Crippen MR) is 77.3 cm³/mol. The molecule has 19 heavy (non-hydrogen) atoms. The van der Waals surface area contributed by atoms with Gasteiger partial charge in [0.1, 0.15) is 10.6 Å². The SMILES string of the molecule is CCOC(=O)c1c(C)nsc1Nc1ccccc1C. The van der Waals surface area contributed by atoms with Crippen LogP contribution in [-0.2, 0) is 4.74 Å². The molecule has 0 saturated heterocycles. The van der Waals surface area contributed by atoms with Crippen molar-refractivity contribution >= 4 is 28.2 Å². The molecule has 0 radical (unpaired) electrons. The van der Waals surface area contributed by atoms with Crippen LogP contribution in [0.2, 0.25) is 0 Å². The van der Waals surface area contributed by atoms with Gasteiger partial charge in [-0.15, -0.1) is 0 Å². The van der Waals surface area contributed by atoms with Crippen LogP contribution in [0.25, 0.3) is 0 Å². The molecule has 0 aliphatic heterocycles. The van der Waals surface area contributed by atoms with E-state index in [-0.39, 0.29) is 5.97 Å². The van der Waals surface area contributed by atoms with Crippen LogP contribution in [-0.4, -0.2) is 16.9 Å². The first kappa shape index (κ1) is 13.5. The zero-order valence-corrected chi connectivity index (χ0v) is 12.0. The third-order valence-corrected chi connectivity index (χ3v) is 3.59. The fourth-order valence-corrected chi connectivity index (χ4v) is 2.53. The van der Waals surface area contributed by atoms with Gasteiger partial charge in [0.15, 0.2) is 0 Å². The van der Waals surface area contributed by atoms with Gasteiger partial charge in [-0.05, 0) is 43.9 Å². The van der Waals surface area contributed by atoms with E-state index in [9.17, 15) is 4.79 Å². The smallest absolute Gasteiger partial charge is 0.343 e. The molecule has 0 aliphatic rings. The topological polar surface area (TPSA) is 51.2 Å². The predicted octanol–water partition coefficient (Wildman–Crippen LogP) is 3.68. The highest BCUT2D eigenvalue weighted by molar-refractivity contribution is 7.10. The number of anilines is 2. The van der Waals surface area contributed by atoms with E-state index < -0.39 is 0 Å². The molecule has 1 aromatic carbocycles. The Labute approximate surface area is 116 Å². The number of nitrogens with one attached hydrogen (secondary N) is 1. The third-order valence-electron chi connectivity index (χ3n) is 2.74. The minimum atomic E-state index is -0.329. The van der Waals surface area contributed by atoms with Crippen molar-refractivity contribution in [1.82, 2.24) is 4.37 Å². The van der Waals surface area contributed by atoms with E-state index in [1.54, 1.807) is 6.92 Å². The molecule has 1 aromatic heterocycles. The highest BCUT2D eigenvalue weighted by atomic mass is 32.1. The lowest BCUT2D eigenvalue weighted by molar-refractivity contribution is 0.0527. The standard InChI is InChI=1S/C14H16N2O2S/c1-4-18-14(17)12-10(3)16-19-13(12)15-11-8-6-5-7-9(11)2/h5-8,15H,4H2,1-3H3. The number of hydrogen-bond donors (Lipinski definition) is 1. The quantitative estimate of drug-likeness (QED) is 0.865. The van der Waals surface area contributed by atoms with Crippen LogP contribution in [0.3, 0.4) is 0 Å². The summed E-state index contributed by atoms with van der Waals surface area (Å²) in [5.41, 5.74) is 3.30. The monoisotopic (exact) mass is 276 g/mol. The molecular formula is C14H16N2O2S. The maximum atomic E-state index is 11.9. The van der Waals surface area contributed by atoms with Gasteiger partial charge < -0.3 is 10.1 Å². The molecule has 0 unspecified atom stereocenters. The molecule has 1 N–H and O–H groups in total. The van der Waals surface area contributed by atoms with Gasteiger partial charge in [-0.2, -0.15) is 4.37 Å². The number of aryl methyl sites for hydroxylation is 2. The number of rotatable bonds is 4.